The van der Waals surface area contributed by atoms with Crippen molar-refractivity contribution in [2.24, 2.45) is 0 Å². The van der Waals surface area contributed by atoms with E-state index in [0.29, 0.717) is 6.42 Å². The van der Waals surface area contributed by atoms with Crippen LogP contribution in [0.15, 0.2) is 36.5 Å². The number of aliphatic hydroxyl groups is 4. The maximum absolute atomic E-state index is 13.2. The first-order valence-electron chi connectivity index (χ1n) is 37.4. The van der Waals surface area contributed by atoms with E-state index >= 15 is 0 Å². The van der Waals surface area contributed by atoms with E-state index in [0.717, 1.165) is 44.9 Å². The molecule has 1 rings (SSSR count). The molecule has 0 aromatic carbocycles. The van der Waals surface area contributed by atoms with Gasteiger partial charge in [-0.25, -0.2) is 4.18 Å². The third kappa shape index (κ3) is 54.6. The lowest BCUT2D eigenvalue weighted by atomic mass is 9.99. The maximum Gasteiger partial charge on any atom is 0.397 e. The molecule has 0 aliphatic carbocycles. The van der Waals surface area contributed by atoms with Crippen LogP contribution in [-0.4, -0.2) is 95.4 Å². The lowest BCUT2D eigenvalue weighted by molar-refractivity contribution is -0.298. The zero-order valence-electron chi connectivity index (χ0n) is 56.6. The van der Waals surface area contributed by atoms with Crippen molar-refractivity contribution in [3.05, 3.63) is 36.5 Å². The fourth-order valence-corrected chi connectivity index (χ4v) is 12.7. The van der Waals surface area contributed by atoms with Crippen molar-refractivity contribution in [3.63, 3.8) is 0 Å². The van der Waals surface area contributed by atoms with Gasteiger partial charge in [-0.3, -0.25) is 9.35 Å². The van der Waals surface area contributed by atoms with Gasteiger partial charge in [0.05, 0.1) is 25.4 Å². The van der Waals surface area contributed by atoms with Gasteiger partial charge in [-0.15, -0.1) is 0 Å². The van der Waals surface area contributed by atoms with Crippen molar-refractivity contribution in [2.75, 3.05) is 13.2 Å². The number of rotatable bonds is 67. The minimum Gasteiger partial charge on any atom is -0.394 e. The molecule has 1 aliphatic heterocycles. The van der Waals surface area contributed by atoms with Gasteiger partial charge in [-0.05, 0) is 51.4 Å². The molecule has 87 heavy (non-hydrogen) atoms. The number of allylic oxidation sites excluding steroid dienone is 5. The molecule has 6 N–H and O–H groups in total. The molecule has 12 nitrogen and oxygen atoms in total. The second-order valence-electron chi connectivity index (χ2n) is 26.2. The standard InChI is InChI=1S/C74H141NO11S/c1-3-5-7-9-11-13-15-17-19-21-23-25-27-28-29-30-31-32-33-34-35-36-37-38-39-40-42-44-46-48-50-52-54-56-58-60-62-64-70(78)75-67(66-84-74-72(80)73(86-87(81,82)83)71(79)69(65-76)85-74)68(77)63-61-59-57-55-53-51-49-47-45-43-41-26-24-22-20-18-16-14-12-10-8-6-4-2/h29-30,32-33,61,63,67-69,71-74,76-77,79-80H,3-28,31,34-60,62,64-66H2,1-2H3,(H,75,78)(H,81,82,83)/b30-29-,33-32-,63-61+. The lowest BCUT2D eigenvalue weighted by Gasteiger charge is -2.41. The summed E-state index contributed by atoms with van der Waals surface area (Å²) in [6.45, 7) is 3.46. The Balaban J connectivity index is 2.19. The quantitative estimate of drug-likeness (QED) is 0.0193. The largest absolute Gasteiger partial charge is 0.397 e. The van der Waals surface area contributed by atoms with Crippen LogP contribution in [-0.2, 0) is 28.9 Å². The monoisotopic (exact) mass is 1250 g/mol. The van der Waals surface area contributed by atoms with Gasteiger partial charge in [0.1, 0.15) is 24.4 Å². The van der Waals surface area contributed by atoms with Crippen molar-refractivity contribution in [3.8, 4) is 0 Å². The Hall–Kier alpha value is -1.68. The topological polar surface area (TPSA) is 192 Å². The predicted octanol–water partition coefficient (Wildman–Crippen LogP) is 20.0. The van der Waals surface area contributed by atoms with Gasteiger partial charge < -0.3 is 35.2 Å². The Morgan fingerprint density at radius 2 is 0.770 bits per heavy atom. The van der Waals surface area contributed by atoms with E-state index < -0.39 is 59.9 Å². The normalized spacial score (nSPS) is 18.3. The fourth-order valence-electron chi connectivity index (χ4n) is 12.2. The van der Waals surface area contributed by atoms with E-state index in [9.17, 15) is 38.2 Å². The Bertz CT molecular complexity index is 1660. The molecule has 13 heteroatoms. The molecular formula is C74H141NO11S. The molecule has 7 unspecified atom stereocenters. The fraction of sp³-hybridized carbons (Fsp3) is 0.905. The van der Waals surface area contributed by atoms with Gasteiger partial charge in [0, 0.05) is 6.42 Å². The summed E-state index contributed by atoms with van der Waals surface area (Å²) in [6.07, 6.45) is 75.2. The minimum absolute atomic E-state index is 0.256. The number of hydrogen-bond acceptors (Lipinski definition) is 10. The Morgan fingerprint density at radius 1 is 0.460 bits per heavy atom. The van der Waals surface area contributed by atoms with Gasteiger partial charge in [-0.2, -0.15) is 8.42 Å². The number of amides is 1. The average molecular weight is 1250 g/mol. The van der Waals surface area contributed by atoms with Crippen LogP contribution < -0.4 is 5.32 Å². The summed E-state index contributed by atoms with van der Waals surface area (Å²) in [5.41, 5.74) is 0. The molecule has 0 aromatic heterocycles. The van der Waals surface area contributed by atoms with Crippen LogP contribution in [0.1, 0.15) is 373 Å². The number of unbranched alkanes of at least 4 members (excludes halogenated alkanes) is 51. The number of ether oxygens (including phenoxy) is 2. The smallest absolute Gasteiger partial charge is 0.394 e. The zero-order chi connectivity index (χ0) is 63.2. The highest BCUT2D eigenvalue weighted by molar-refractivity contribution is 7.80. The van der Waals surface area contributed by atoms with Gasteiger partial charge >= 0.3 is 10.4 Å². The van der Waals surface area contributed by atoms with Crippen molar-refractivity contribution >= 4 is 16.3 Å². The molecule has 0 saturated carbocycles. The van der Waals surface area contributed by atoms with Crippen molar-refractivity contribution in [1.29, 1.82) is 0 Å². The predicted molar refractivity (Wildman–Crippen MR) is 365 cm³/mol. The minimum atomic E-state index is -5.10. The van der Waals surface area contributed by atoms with Gasteiger partial charge in [0.15, 0.2) is 6.29 Å². The third-order valence-electron chi connectivity index (χ3n) is 17.9. The molecule has 1 fully saturated rings. The van der Waals surface area contributed by atoms with Crippen molar-refractivity contribution in [1.82, 2.24) is 5.32 Å². The molecule has 514 valence electrons. The summed E-state index contributed by atoms with van der Waals surface area (Å²) in [6, 6.07) is -0.945. The van der Waals surface area contributed by atoms with Crippen LogP contribution in [0.4, 0.5) is 0 Å². The Morgan fingerprint density at radius 3 is 1.09 bits per heavy atom. The lowest BCUT2D eigenvalue weighted by Crippen LogP contribution is -2.61. The molecule has 0 aromatic rings. The number of nitrogens with one attached hydrogen (secondary N) is 1. The molecule has 1 aliphatic rings. The summed E-state index contributed by atoms with van der Waals surface area (Å²) >= 11 is 0. The summed E-state index contributed by atoms with van der Waals surface area (Å²) in [7, 11) is -5.10. The Kier molecular flexibility index (Phi) is 60.4. The van der Waals surface area contributed by atoms with E-state index in [1.54, 1.807) is 6.08 Å². The molecule has 0 radical (unpaired) electrons. The molecule has 0 spiro atoms. The molecule has 1 amide bonds. The number of carbonyl (C=O) groups excluding carboxylic acids is 1. The van der Waals surface area contributed by atoms with E-state index in [4.69, 9.17) is 9.47 Å². The van der Waals surface area contributed by atoms with Crippen LogP contribution in [0, 0.1) is 0 Å². The van der Waals surface area contributed by atoms with E-state index in [2.05, 4.69) is 47.7 Å². The molecule has 0 bridgehead atoms. The van der Waals surface area contributed by atoms with Crippen LogP contribution in [0.25, 0.3) is 0 Å². The number of hydrogen-bond donors (Lipinski definition) is 6. The number of carbonyl (C=O) groups is 1. The highest BCUT2D eigenvalue weighted by Gasteiger charge is 2.48. The second-order valence-corrected chi connectivity index (χ2v) is 27.3. The summed E-state index contributed by atoms with van der Waals surface area (Å²) < 4.78 is 48.1. The molecule has 1 heterocycles. The molecular weight excluding hydrogens is 1110 g/mol. The maximum atomic E-state index is 13.2. The first kappa shape index (κ1) is 83.3. The summed E-state index contributed by atoms with van der Waals surface area (Å²) in [4.78, 5) is 13.2. The van der Waals surface area contributed by atoms with Crippen molar-refractivity contribution < 1.29 is 51.8 Å². The highest BCUT2D eigenvalue weighted by Crippen LogP contribution is 2.27. The molecule has 1 saturated heterocycles. The highest BCUT2D eigenvalue weighted by atomic mass is 32.3. The molecule has 7 atom stereocenters. The average Bonchev–Trinajstić information content (AvgIpc) is 2.70. The van der Waals surface area contributed by atoms with Crippen LogP contribution in [0.3, 0.4) is 0 Å². The van der Waals surface area contributed by atoms with Crippen LogP contribution in [0.5, 0.6) is 0 Å². The number of aliphatic hydroxyl groups excluding tert-OH is 4. The van der Waals surface area contributed by atoms with E-state index in [-0.39, 0.29) is 18.9 Å². The first-order valence-corrected chi connectivity index (χ1v) is 38.7. The van der Waals surface area contributed by atoms with E-state index in [1.807, 2.05) is 6.08 Å². The van der Waals surface area contributed by atoms with Gasteiger partial charge in [0.2, 0.25) is 5.91 Å². The SMILES string of the molecule is CCCCCCCCCCCCCCC/C=C\C/C=C\CCCCCCCCCCCCCCCCCCCC(=O)NC(COC1OC(CO)C(O)C(OS(=O)(=O)O)C1O)C(O)/C=C/CCCCCCCCCCCCCCCCCCCCCCC. The van der Waals surface area contributed by atoms with Crippen molar-refractivity contribution in [2.45, 2.75) is 416 Å². The second kappa shape index (κ2) is 63.1. The van der Waals surface area contributed by atoms with Crippen LogP contribution in [0.2, 0.25) is 0 Å². The third-order valence-corrected chi connectivity index (χ3v) is 18.4. The van der Waals surface area contributed by atoms with Gasteiger partial charge in [0.25, 0.3) is 0 Å². The van der Waals surface area contributed by atoms with E-state index in [1.165, 1.54) is 302 Å². The summed E-state index contributed by atoms with van der Waals surface area (Å²) in [5, 5.41) is 45.2. The van der Waals surface area contributed by atoms with Crippen LogP contribution >= 0.6 is 0 Å². The summed E-state index contributed by atoms with van der Waals surface area (Å²) in [5.74, 6) is -0.256. The zero-order valence-corrected chi connectivity index (χ0v) is 57.4. The first-order chi connectivity index (χ1) is 42.5. The Labute approximate surface area is 536 Å². The van der Waals surface area contributed by atoms with Gasteiger partial charge in [-0.1, -0.05) is 352 Å².